The summed E-state index contributed by atoms with van der Waals surface area (Å²) in [5.41, 5.74) is 0.791. The van der Waals surface area contributed by atoms with Gasteiger partial charge in [0.05, 0.1) is 15.9 Å². The number of aliphatic hydroxyl groups excluding tert-OH is 1. The van der Waals surface area contributed by atoms with Crippen LogP contribution in [0.5, 0.6) is 0 Å². The number of aliphatic hydroxyl groups is 1. The molecule has 0 aromatic heterocycles. The van der Waals surface area contributed by atoms with Crippen molar-refractivity contribution in [2.45, 2.75) is 44.6 Å². The Hall–Kier alpha value is -1.51. The van der Waals surface area contributed by atoms with E-state index in [4.69, 9.17) is 5.11 Å². The molecule has 118 valence electrons. The molecule has 0 aliphatic rings. The summed E-state index contributed by atoms with van der Waals surface area (Å²) in [6.07, 6.45) is 0.482. The number of benzene rings is 1. The van der Waals surface area contributed by atoms with Crippen molar-refractivity contribution in [2.24, 2.45) is 0 Å². The normalized spacial score (nSPS) is 13.1. The maximum Gasteiger partial charge on any atom is 0.271 e. The van der Waals surface area contributed by atoms with Crippen LogP contribution in [0.1, 0.15) is 30.9 Å². The van der Waals surface area contributed by atoms with Gasteiger partial charge in [-0.25, -0.2) is 13.1 Å². The Morgan fingerprint density at radius 3 is 2.52 bits per heavy atom. The largest absolute Gasteiger partial charge is 0.393 e. The Morgan fingerprint density at radius 2 is 2.00 bits per heavy atom. The van der Waals surface area contributed by atoms with E-state index in [0.717, 1.165) is 6.07 Å². The Bertz CT molecular complexity index is 626. The number of nitrogens with zero attached hydrogens (tertiary/aromatic N) is 1. The van der Waals surface area contributed by atoms with Gasteiger partial charge in [0.1, 0.15) is 0 Å². The highest BCUT2D eigenvalue weighted by Gasteiger charge is 2.21. The second-order valence-corrected chi connectivity index (χ2v) is 6.77. The van der Waals surface area contributed by atoms with Crippen LogP contribution < -0.4 is 4.72 Å². The van der Waals surface area contributed by atoms with Gasteiger partial charge in [0.15, 0.2) is 0 Å². The lowest BCUT2D eigenvalue weighted by Gasteiger charge is -2.11. The highest BCUT2D eigenvalue weighted by atomic mass is 32.2. The number of non-ortho nitro benzene ring substituents is 1. The van der Waals surface area contributed by atoms with E-state index in [-0.39, 0.29) is 17.1 Å². The molecule has 0 spiro atoms. The average Bonchev–Trinajstić information content (AvgIpc) is 2.37. The molecule has 0 aliphatic heterocycles. The number of nitrogens with one attached hydrogen (secondary N) is 1. The van der Waals surface area contributed by atoms with Gasteiger partial charge in [-0.2, -0.15) is 0 Å². The molecule has 21 heavy (non-hydrogen) atoms. The van der Waals surface area contributed by atoms with Crippen LogP contribution in [0.4, 0.5) is 5.69 Å². The van der Waals surface area contributed by atoms with Crippen LogP contribution in [-0.4, -0.2) is 31.1 Å². The molecule has 0 heterocycles. The van der Waals surface area contributed by atoms with Gasteiger partial charge in [-0.05, 0) is 44.7 Å². The first-order valence-corrected chi connectivity index (χ1v) is 8.07. The van der Waals surface area contributed by atoms with Gasteiger partial charge in [-0.15, -0.1) is 0 Å². The number of aryl methyl sites for hydroxylation is 1. The lowest BCUT2D eigenvalue weighted by atomic mass is 10.1. The Morgan fingerprint density at radius 1 is 1.38 bits per heavy atom. The highest BCUT2D eigenvalue weighted by Crippen LogP contribution is 2.25. The van der Waals surface area contributed by atoms with Crippen LogP contribution in [0.15, 0.2) is 17.0 Å². The van der Waals surface area contributed by atoms with Crippen LogP contribution in [0.3, 0.4) is 0 Å². The second-order valence-electron chi connectivity index (χ2n) is 5.03. The summed E-state index contributed by atoms with van der Waals surface area (Å²) in [4.78, 5) is 10.2. The van der Waals surface area contributed by atoms with E-state index in [1.807, 2.05) is 0 Å². The van der Waals surface area contributed by atoms with Crippen molar-refractivity contribution in [1.82, 2.24) is 4.72 Å². The Balaban J connectivity index is 2.99. The third-order valence-electron chi connectivity index (χ3n) is 3.20. The van der Waals surface area contributed by atoms with Gasteiger partial charge in [-0.3, -0.25) is 10.1 Å². The predicted molar refractivity (Wildman–Crippen MR) is 78.7 cm³/mol. The molecule has 0 aliphatic carbocycles. The minimum Gasteiger partial charge on any atom is -0.393 e. The Labute approximate surface area is 124 Å². The molecule has 1 rings (SSSR count). The van der Waals surface area contributed by atoms with Crippen molar-refractivity contribution in [3.05, 3.63) is 33.4 Å². The smallest absolute Gasteiger partial charge is 0.271 e. The standard InChI is InChI=1S/C13H20N2O5S/c1-9-7-12(15(17)18)8-13(11(9)3)21(19,20)14-6-4-5-10(2)16/h7-8,10,14,16H,4-6H2,1-3H3. The number of nitro benzene ring substituents is 1. The highest BCUT2D eigenvalue weighted by molar-refractivity contribution is 7.89. The van der Waals surface area contributed by atoms with E-state index in [1.165, 1.54) is 6.07 Å². The quantitative estimate of drug-likeness (QED) is 0.451. The fraction of sp³-hybridized carbons (Fsp3) is 0.538. The third-order valence-corrected chi connectivity index (χ3v) is 4.78. The van der Waals surface area contributed by atoms with Crippen molar-refractivity contribution in [1.29, 1.82) is 0 Å². The summed E-state index contributed by atoms with van der Waals surface area (Å²) < 4.78 is 26.9. The van der Waals surface area contributed by atoms with Crippen LogP contribution >= 0.6 is 0 Å². The van der Waals surface area contributed by atoms with Crippen molar-refractivity contribution in [2.75, 3.05) is 6.54 Å². The number of nitro groups is 1. The molecule has 0 saturated heterocycles. The van der Waals surface area contributed by atoms with Gasteiger partial charge < -0.3 is 5.11 Å². The molecule has 1 aromatic carbocycles. The summed E-state index contributed by atoms with van der Waals surface area (Å²) >= 11 is 0. The van der Waals surface area contributed by atoms with E-state index in [9.17, 15) is 18.5 Å². The molecule has 0 fully saturated rings. The molecule has 0 amide bonds. The van der Waals surface area contributed by atoms with Crippen LogP contribution in [0.2, 0.25) is 0 Å². The molecular formula is C13H20N2O5S. The van der Waals surface area contributed by atoms with Gasteiger partial charge in [-0.1, -0.05) is 0 Å². The molecule has 1 atom stereocenters. The number of sulfonamides is 1. The van der Waals surface area contributed by atoms with E-state index in [2.05, 4.69) is 4.72 Å². The second kappa shape index (κ2) is 6.97. The van der Waals surface area contributed by atoms with Crippen molar-refractivity contribution in [3.8, 4) is 0 Å². The van der Waals surface area contributed by atoms with E-state index < -0.39 is 21.1 Å². The SMILES string of the molecule is Cc1cc([N+](=O)[O-])cc(S(=O)(=O)NCCCC(C)O)c1C. The summed E-state index contributed by atoms with van der Waals surface area (Å²) in [6, 6.07) is 2.42. The molecule has 7 nitrogen and oxygen atoms in total. The van der Waals surface area contributed by atoms with E-state index in [0.29, 0.717) is 24.0 Å². The third kappa shape index (κ3) is 4.76. The molecule has 1 aromatic rings. The zero-order valence-corrected chi connectivity index (χ0v) is 13.1. The molecule has 1 unspecified atom stereocenters. The molecule has 0 bridgehead atoms. The first kappa shape index (κ1) is 17.5. The summed E-state index contributed by atoms with van der Waals surface area (Å²) in [6.45, 7) is 5.05. The van der Waals surface area contributed by atoms with Crippen LogP contribution in [-0.2, 0) is 10.0 Å². The van der Waals surface area contributed by atoms with Crippen molar-refractivity contribution < 1.29 is 18.4 Å². The lowest BCUT2D eigenvalue weighted by Crippen LogP contribution is -2.26. The zero-order chi connectivity index (χ0) is 16.2. The Kier molecular flexibility index (Phi) is 5.82. The zero-order valence-electron chi connectivity index (χ0n) is 12.3. The molecule has 2 N–H and O–H groups in total. The topological polar surface area (TPSA) is 110 Å². The maximum atomic E-state index is 12.2. The molecule has 0 saturated carbocycles. The van der Waals surface area contributed by atoms with Crippen LogP contribution in [0, 0.1) is 24.0 Å². The summed E-state index contributed by atoms with van der Waals surface area (Å²) in [7, 11) is -3.80. The fourth-order valence-corrected chi connectivity index (χ4v) is 3.28. The predicted octanol–water partition coefficient (Wildman–Crippen LogP) is 1.65. The molecular weight excluding hydrogens is 296 g/mol. The van der Waals surface area contributed by atoms with Crippen molar-refractivity contribution >= 4 is 15.7 Å². The van der Waals surface area contributed by atoms with Gasteiger partial charge >= 0.3 is 0 Å². The first-order chi connectivity index (χ1) is 9.65. The fourth-order valence-electron chi connectivity index (χ4n) is 1.87. The maximum absolute atomic E-state index is 12.2. The molecule has 0 radical (unpaired) electrons. The summed E-state index contributed by atoms with van der Waals surface area (Å²) in [5, 5.41) is 20.0. The summed E-state index contributed by atoms with van der Waals surface area (Å²) in [5.74, 6) is 0. The number of hydrogen-bond acceptors (Lipinski definition) is 5. The monoisotopic (exact) mass is 316 g/mol. The van der Waals surface area contributed by atoms with Gasteiger partial charge in [0.25, 0.3) is 5.69 Å². The number of hydrogen-bond donors (Lipinski definition) is 2. The first-order valence-electron chi connectivity index (χ1n) is 6.58. The van der Waals surface area contributed by atoms with Gasteiger partial charge in [0.2, 0.25) is 10.0 Å². The number of rotatable bonds is 7. The minimum atomic E-state index is -3.80. The lowest BCUT2D eigenvalue weighted by molar-refractivity contribution is -0.385. The average molecular weight is 316 g/mol. The van der Waals surface area contributed by atoms with Crippen LogP contribution in [0.25, 0.3) is 0 Å². The molecule has 8 heteroatoms. The van der Waals surface area contributed by atoms with E-state index in [1.54, 1.807) is 20.8 Å². The van der Waals surface area contributed by atoms with Crippen molar-refractivity contribution in [3.63, 3.8) is 0 Å². The van der Waals surface area contributed by atoms with Gasteiger partial charge in [0, 0.05) is 18.7 Å². The van der Waals surface area contributed by atoms with E-state index >= 15 is 0 Å². The minimum absolute atomic E-state index is 0.0775.